The first-order valence-corrected chi connectivity index (χ1v) is 10.2. The molecular weight excluding hydrogens is 368 g/mol. The topological polar surface area (TPSA) is 71.1 Å². The number of hydrogen-bond donors (Lipinski definition) is 0. The minimum Gasteiger partial charge on any atom is -0.459 e. The number of aromatic nitrogens is 2. The lowest BCUT2D eigenvalue weighted by atomic mass is 9.88. The molecular formula is C22H24N4O3. The molecule has 29 heavy (non-hydrogen) atoms. The van der Waals surface area contributed by atoms with Gasteiger partial charge in [-0.15, -0.1) is 0 Å². The van der Waals surface area contributed by atoms with Crippen LogP contribution in [0.15, 0.2) is 41.1 Å². The monoisotopic (exact) mass is 392 g/mol. The third-order valence-corrected chi connectivity index (χ3v) is 6.08. The molecule has 1 aliphatic carbocycles. The maximum Gasteiger partial charge on any atom is 0.289 e. The van der Waals surface area contributed by atoms with Crippen molar-refractivity contribution in [3.8, 4) is 0 Å². The third kappa shape index (κ3) is 3.20. The molecule has 0 N–H and O–H groups in total. The zero-order valence-corrected chi connectivity index (χ0v) is 16.5. The summed E-state index contributed by atoms with van der Waals surface area (Å²) in [4.78, 5) is 34.0. The Morgan fingerprint density at radius 2 is 1.90 bits per heavy atom. The van der Waals surface area contributed by atoms with Gasteiger partial charge in [0.15, 0.2) is 5.76 Å². The molecule has 1 aliphatic heterocycles. The van der Waals surface area contributed by atoms with Crippen LogP contribution in [0.2, 0.25) is 0 Å². The highest BCUT2D eigenvalue weighted by Gasteiger charge is 2.33. The van der Waals surface area contributed by atoms with E-state index in [4.69, 9.17) is 9.40 Å². The van der Waals surface area contributed by atoms with E-state index in [-0.39, 0.29) is 17.7 Å². The first-order chi connectivity index (χ1) is 14.1. The van der Waals surface area contributed by atoms with Crippen LogP contribution in [0.1, 0.15) is 33.9 Å². The molecule has 0 spiro atoms. The van der Waals surface area contributed by atoms with Gasteiger partial charge in [-0.05, 0) is 43.5 Å². The van der Waals surface area contributed by atoms with Crippen LogP contribution in [0.5, 0.6) is 0 Å². The Morgan fingerprint density at radius 3 is 2.66 bits per heavy atom. The maximum absolute atomic E-state index is 13.2. The number of piperazine rings is 1. The fourth-order valence-corrected chi connectivity index (χ4v) is 4.47. The highest BCUT2D eigenvalue weighted by atomic mass is 16.3. The molecule has 5 rings (SSSR count). The average molecular weight is 392 g/mol. The van der Waals surface area contributed by atoms with E-state index in [2.05, 4.69) is 23.6 Å². The van der Waals surface area contributed by atoms with E-state index in [1.807, 2.05) is 11.0 Å². The molecule has 4 heterocycles. The molecule has 1 fully saturated rings. The molecule has 0 radical (unpaired) electrons. The number of rotatable bonds is 2. The summed E-state index contributed by atoms with van der Waals surface area (Å²) < 4.78 is 7.35. The standard InChI is InChI=1S/C22H24N4O3/c1-15-4-7-20-23-17-6-5-16(13-18(17)26(20)14-15)21(27)24-8-10-25(11-9-24)22(28)19-3-2-12-29-19/h2-4,7,12,14,16H,5-6,8-11,13H2,1H3. The second-order valence-corrected chi connectivity index (χ2v) is 7.97. The molecule has 1 unspecified atom stereocenters. The lowest BCUT2D eigenvalue weighted by Gasteiger charge is -2.36. The van der Waals surface area contributed by atoms with Crippen LogP contribution in [-0.4, -0.2) is 57.2 Å². The van der Waals surface area contributed by atoms with Crippen molar-refractivity contribution in [3.05, 3.63) is 59.4 Å². The van der Waals surface area contributed by atoms with E-state index in [9.17, 15) is 9.59 Å². The fourth-order valence-electron chi connectivity index (χ4n) is 4.47. The molecule has 0 aromatic carbocycles. The summed E-state index contributed by atoms with van der Waals surface area (Å²) in [5, 5.41) is 0. The smallest absolute Gasteiger partial charge is 0.289 e. The third-order valence-electron chi connectivity index (χ3n) is 6.08. The Morgan fingerprint density at radius 1 is 1.10 bits per heavy atom. The number of furan rings is 1. The molecule has 2 amide bonds. The van der Waals surface area contributed by atoms with Crippen molar-refractivity contribution >= 4 is 17.5 Å². The number of amides is 2. The summed E-state index contributed by atoms with van der Waals surface area (Å²) in [6, 6.07) is 7.50. The van der Waals surface area contributed by atoms with E-state index in [0.29, 0.717) is 31.9 Å². The lowest BCUT2D eigenvalue weighted by Crippen LogP contribution is -2.52. The van der Waals surface area contributed by atoms with E-state index >= 15 is 0 Å². The van der Waals surface area contributed by atoms with Gasteiger partial charge < -0.3 is 18.6 Å². The highest BCUT2D eigenvalue weighted by molar-refractivity contribution is 5.91. The molecule has 0 saturated carbocycles. The zero-order chi connectivity index (χ0) is 20.0. The minimum atomic E-state index is -0.106. The number of nitrogens with zero attached hydrogens (tertiary/aromatic N) is 4. The van der Waals surface area contributed by atoms with E-state index < -0.39 is 0 Å². The Labute approximate surface area is 168 Å². The van der Waals surface area contributed by atoms with Crippen molar-refractivity contribution in [2.24, 2.45) is 5.92 Å². The van der Waals surface area contributed by atoms with Gasteiger partial charge in [0.25, 0.3) is 5.91 Å². The summed E-state index contributed by atoms with van der Waals surface area (Å²) in [6.45, 7) is 4.29. The number of aryl methyl sites for hydroxylation is 2. The van der Waals surface area contributed by atoms with Gasteiger partial charge >= 0.3 is 0 Å². The van der Waals surface area contributed by atoms with Gasteiger partial charge in [0, 0.05) is 50.4 Å². The summed E-state index contributed by atoms with van der Waals surface area (Å²) >= 11 is 0. The van der Waals surface area contributed by atoms with Crippen LogP contribution in [0.25, 0.3) is 5.65 Å². The lowest BCUT2D eigenvalue weighted by molar-refractivity contribution is -0.137. The summed E-state index contributed by atoms with van der Waals surface area (Å²) in [6.07, 6.45) is 6.01. The number of carbonyl (C=O) groups is 2. The molecule has 0 bridgehead atoms. The van der Waals surface area contributed by atoms with Gasteiger partial charge in [0.2, 0.25) is 5.91 Å². The molecule has 2 aliphatic rings. The van der Waals surface area contributed by atoms with Crippen LogP contribution in [0, 0.1) is 12.8 Å². The molecule has 7 heteroatoms. The maximum atomic E-state index is 13.2. The zero-order valence-electron chi connectivity index (χ0n) is 16.5. The van der Waals surface area contributed by atoms with Gasteiger partial charge in [-0.1, -0.05) is 6.07 Å². The predicted molar refractivity (Wildman–Crippen MR) is 107 cm³/mol. The van der Waals surface area contributed by atoms with E-state index in [0.717, 1.165) is 30.6 Å². The van der Waals surface area contributed by atoms with Crippen LogP contribution >= 0.6 is 0 Å². The van der Waals surface area contributed by atoms with Gasteiger partial charge in [-0.25, -0.2) is 4.98 Å². The number of fused-ring (bicyclic) bond motifs is 3. The number of imidazole rings is 1. The Bertz CT molecular complexity index is 1060. The average Bonchev–Trinajstić information content (AvgIpc) is 3.40. The van der Waals surface area contributed by atoms with Crippen molar-refractivity contribution in [1.82, 2.24) is 19.2 Å². The Kier molecular flexibility index (Phi) is 4.38. The summed E-state index contributed by atoms with van der Waals surface area (Å²) in [5.74, 6) is 0.427. The first-order valence-electron chi connectivity index (χ1n) is 10.2. The van der Waals surface area contributed by atoms with Crippen LogP contribution in [0.4, 0.5) is 0 Å². The summed E-state index contributed by atoms with van der Waals surface area (Å²) in [7, 11) is 0. The second kappa shape index (κ2) is 7.06. The van der Waals surface area contributed by atoms with Crippen molar-refractivity contribution < 1.29 is 14.0 Å². The van der Waals surface area contributed by atoms with E-state index in [1.165, 1.54) is 17.5 Å². The first kappa shape index (κ1) is 18.0. The van der Waals surface area contributed by atoms with Crippen LogP contribution < -0.4 is 0 Å². The highest BCUT2D eigenvalue weighted by Crippen LogP contribution is 2.28. The van der Waals surface area contributed by atoms with E-state index in [1.54, 1.807) is 17.0 Å². The van der Waals surface area contributed by atoms with Crippen molar-refractivity contribution in [3.63, 3.8) is 0 Å². The van der Waals surface area contributed by atoms with Crippen LogP contribution in [-0.2, 0) is 17.6 Å². The number of carbonyl (C=O) groups excluding carboxylic acids is 2. The number of pyridine rings is 1. The van der Waals surface area contributed by atoms with Crippen molar-refractivity contribution in [1.29, 1.82) is 0 Å². The minimum absolute atomic E-state index is 0.0183. The summed E-state index contributed by atoms with van der Waals surface area (Å²) in [5.41, 5.74) is 4.43. The Balaban J connectivity index is 1.26. The quantitative estimate of drug-likeness (QED) is 0.671. The van der Waals surface area contributed by atoms with Gasteiger partial charge in [-0.3, -0.25) is 9.59 Å². The van der Waals surface area contributed by atoms with Gasteiger partial charge in [-0.2, -0.15) is 0 Å². The molecule has 7 nitrogen and oxygen atoms in total. The van der Waals surface area contributed by atoms with Gasteiger partial charge in [0.1, 0.15) is 5.65 Å². The SMILES string of the molecule is Cc1ccc2nc3c(n2c1)CC(C(=O)N1CCN(C(=O)c2ccco2)CC1)CC3. The number of hydrogen-bond acceptors (Lipinski definition) is 4. The molecule has 3 aromatic heterocycles. The largest absolute Gasteiger partial charge is 0.459 e. The molecule has 3 aromatic rings. The second-order valence-electron chi connectivity index (χ2n) is 7.97. The van der Waals surface area contributed by atoms with Gasteiger partial charge in [0.05, 0.1) is 12.0 Å². The molecule has 150 valence electrons. The predicted octanol–water partition coefficient (Wildman–Crippen LogP) is 2.33. The normalized spacial score (nSPS) is 19.4. The fraction of sp³-hybridized carbons (Fsp3) is 0.409. The Hall–Kier alpha value is -3.09. The van der Waals surface area contributed by atoms with Crippen molar-refractivity contribution in [2.45, 2.75) is 26.2 Å². The van der Waals surface area contributed by atoms with Crippen molar-refractivity contribution in [2.75, 3.05) is 26.2 Å². The van der Waals surface area contributed by atoms with Crippen LogP contribution in [0.3, 0.4) is 0 Å². The molecule has 1 atom stereocenters. The molecule has 1 saturated heterocycles.